The number of pyridine rings is 1. The van der Waals surface area contributed by atoms with Crippen molar-refractivity contribution in [3.8, 4) is 0 Å². The van der Waals surface area contributed by atoms with E-state index in [1.807, 2.05) is 30.5 Å². The highest BCUT2D eigenvalue weighted by Gasteiger charge is 2.28. The van der Waals surface area contributed by atoms with Crippen LogP contribution in [-0.4, -0.2) is 34.2 Å². The van der Waals surface area contributed by atoms with Gasteiger partial charge in [-0.15, -0.1) is 0 Å². The number of hydrogen-bond donors (Lipinski definition) is 1. The Balaban J connectivity index is 1.94. The molecule has 0 saturated heterocycles. The molecule has 0 atom stereocenters. The van der Waals surface area contributed by atoms with Gasteiger partial charge in [-0.25, -0.2) is 0 Å². The molecule has 0 amide bonds. The Hall–Kier alpha value is -1.16. The molecule has 100 valence electrons. The molecule has 1 N–H and O–H groups in total. The maximum absolute atomic E-state index is 9.18. The summed E-state index contributed by atoms with van der Waals surface area (Å²) in [5.74, 6) is 0. The second-order valence-corrected chi connectivity index (χ2v) is 5.50. The average molecular weight is 277 g/mol. The van der Waals surface area contributed by atoms with Crippen LogP contribution in [0.4, 0.5) is 0 Å². The number of benzene rings is 1. The second kappa shape index (κ2) is 5.45. The van der Waals surface area contributed by atoms with Crippen molar-refractivity contribution in [1.29, 1.82) is 0 Å². The highest BCUT2D eigenvalue weighted by molar-refractivity contribution is 6.31. The van der Waals surface area contributed by atoms with Gasteiger partial charge in [0.25, 0.3) is 0 Å². The van der Waals surface area contributed by atoms with E-state index in [0.29, 0.717) is 12.6 Å². The summed E-state index contributed by atoms with van der Waals surface area (Å²) in [5, 5.41) is 11.0. The molecule has 1 heterocycles. The van der Waals surface area contributed by atoms with E-state index in [-0.39, 0.29) is 6.61 Å². The maximum Gasteiger partial charge on any atom is 0.0747 e. The molecular weight excluding hydrogens is 260 g/mol. The fourth-order valence-electron chi connectivity index (χ4n) is 2.53. The van der Waals surface area contributed by atoms with Crippen LogP contribution in [0, 0.1) is 0 Å². The summed E-state index contributed by atoms with van der Waals surface area (Å²) in [5.41, 5.74) is 2.15. The quantitative estimate of drug-likeness (QED) is 0.912. The lowest BCUT2D eigenvalue weighted by Gasteiger charge is -2.21. The summed E-state index contributed by atoms with van der Waals surface area (Å²) in [6.45, 7) is 1.72. The minimum atomic E-state index is 0.197. The highest BCUT2D eigenvalue weighted by Crippen LogP contribution is 2.30. The third-order valence-electron chi connectivity index (χ3n) is 3.57. The second-order valence-electron chi connectivity index (χ2n) is 5.07. The molecule has 0 aliphatic heterocycles. The van der Waals surface area contributed by atoms with E-state index in [4.69, 9.17) is 11.6 Å². The third kappa shape index (κ3) is 2.89. The summed E-state index contributed by atoms with van der Waals surface area (Å²) in [7, 11) is 0. The Morgan fingerprint density at radius 2 is 2.21 bits per heavy atom. The molecule has 3 rings (SSSR count). The fraction of sp³-hybridized carbons (Fsp3) is 0.400. The minimum Gasteiger partial charge on any atom is -0.395 e. The topological polar surface area (TPSA) is 36.4 Å². The van der Waals surface area contributed by atoms with Crippen molar-refractivity contribution < 1.29 is 5.11 Å². The van der Waals surface area contributed by atoms with E-state index < -0.39 is 0 Å². The Kier molecular flexibility index (Phi) is 3.69. The molecule has 3 nitrogen and oxygen atoms in total. The molecule has 1 fully saturated rings. The van der Waals surface area contributed by atoms with Crippen LogP contribution in [0.1, 0.15) is 18.4 Å². The number of aliphatic hydroxyl groups excluding tert-OH is 1. The molecule has 2 aromatic rings. The number of fused-ring (bicyclic) bond motifs is 1. The van der Waals surface area contributed by atoms with E-state index in [1.54, 1.807) is 0 Å². The molecular formula is C15H17ClN2O. The van der Waals surface area contributed by atoms with Crippen LogP contribution in [0.15, 0.2) is 30.5 Å². The van der Waals surface area contributed by atoms with Gasteiger partial charge in [-0.1, -0.05) is 17.7 Å². The van der Waals surface area contributed by atoms with Crippen LogP contribution in [0.3, 0.4) is 0 Å². The molecule has 1 aromatic heterocycles. The van der Waals surface area contributed by atoms with Crippen molar-refractivity contribution in [2.24, 2.45) is 0 Å². The lowest BCUT2D eigenvalue weighted by atomic mass is 10.1. The summed E-state index contributed by atoms with van der Waals surface area (Å²) in [4.78, 5) is 6.79. The van der Waals surface area contributed by atoms with Crippen molar-refractivity contribution in [2.45, 2.75) is 25.4 Å². The number of hydrogen-bond acceptors (Lipinski definition) is 3. The fourth-order valence-corrected chi connectivity index (χ4v) is 2.77. The molecule has 0 radical (unpaired) electrons. The molecule has 1 aromatic carbocycles. The Morgan fingerprint density at radius 1 is 1.37 bits per heavy atom. The number of aromatic nitrogens is 1. The van der Waals surface area contributed by atoms with E-state index in [0.717, 1.165) is 28.0 Å². The first-order valence-electron chi connectivity index (χ1n) is 6.66. The lowest BCUT2D eigenvalue weighted by molar-refractivity contribution is 0.184. The molecule has 1 aliphatic carbocycles. The van der Waals surface area contributed by atoms with Crippen molar-refractivity contribution in [3.63, 3.8) is 0 Å². The molecule has 19 heavy (non-hydrogen) atoms. The number of rotatable bonds is 5. The van der Waals surface area contributed by atoms with Gasteiger partial charge >= 0.3 is 0 Å². The van der Waals surface area contributed by atoms with Crippen LogP contribution in [0.2, 0.25) is 5.02 Å². The predicted molar refractivity (Wildman–Crippen MR) is 77.3 cm³/mol. The van der Waals surface area contributed by atoms with Crippen LogP contribution in [0.25, 0.3) is 10.9 Å². The number of halogens is 1. The zero-order chi connectivity index (χ0) is 13.2. The first-order valence-corrected chi connectivity index (χ1v) is 7.04. The van der Waals surface area contributed by atoms with Gasteiger partial charge in [0.2, 0.25) is 0 Å². The first-order chi connectivity index (χ1) is 9.28. The van der Waals surface area contributed by atoms with Crippen molar-refractivity contribution >= 4 is 22.5 Å². The van der Waals surface area contributed by atoms with E-state index in [9.17, 15) is 5.11 Å². The van der Waals surface area contributed by atoms with Crippen LogP contribution < -0.4 is 0 Å². The largest absolute Gasteiger partial charge is 0.395 e. The minimum absolute atomic E-state index is 0.197. The lowest BCUT2D eigenvalue weighted by Crippen LogP contribution is -2.28. The SMILES string of the molecule is OCCN(Cc1cc(Cl)cc2cccnc12)C1CC1. The average Bonchev–Trinajstić information content (AvgIpc) is 3.22. The number of nitrogens with zero attached hydrogens (tertiary/aromatic N) is 2. The first kappa shape index (κ1) is 12.9. The van der Waals surface area contributed by atoms with Gasteiger partial charge in [0.15, 0.2) is 0 Å². The van der Waals surface area contributed by atoms with Crippen molar-refractivity contribution in [1.82, 2.24) is 9.88 Å². The van der Waals surface area contributed by atoms with Crippen LogP contribution in [0.5, 0.6) is 0 Å². The third-order valence-corrected chi connectivity index (χ3v) is 3.79. The molecule has 1 aliphatic rings. The standard InChI is InChI=1S/C15H17ClN2O/c16-13-8-11-2-1-5-17-15(11)12(9-13)10-18(6-7-19)14-3-4-14/h1-2,5,8-9,14,19H,3-4,6-7,10H2. The molecule has 1 saturated carbocycles. The van der Waals surface area contributed by atoms with Gasteiger partial charge in [0.1, 0.15) is 0 Å². The van der Waals surface area contributed by atoms with E-state index >= 15 is 0 Å². The molecule has 4 heteroatoms. The summed E-state index contributed by atoms with van der Waals surface area (Å²) < 4.78 is 0. The van der Waals surface area contributed by atoms with Gasteiger partial charge in [0, 0.05) is 35.7 Å². The van der Waals surface area contributed by atoms with Gasteiger partial charge in [-0.3, -0.25) is 9.88 Å². The van der Waals surface area contributed by atoms with Crippen molar-refractivity contribution in [3.05, 3.63) is 41.0 Å². The zero-order valence-electron chi connectivity index (χ0n) is 10.7. The summed E-state index contributed by atoms with van der Waals surface area (Å²) in [6.07, 6.45) is 4.27. The van der Waals surface area contributed by atoms with E-state index in [1.165, 1.54) is 12.8 Å². The van der Waals surface area contributed by atoms with Gasteiger partial charge < -0.3 is 5.11 Å². The zero-order valence-corrected chi connectivity index (χ0v) is 11.5. The molecule has 0 bridgehead atoms. The molecule has 0 unspecified atom stereocenters. The smallest absolute Gasteiger partial charge is 0.0747 e. The van der Waals surface area contributed by atoms with Gasteiger partial charge in [-0.2, -0.15) is 0 Å². The number of aliphatic hydroxyl groups is 1. The summed E-state index contributed by atoms with van der Waals surface area (Å²) in [6, 6.07) is 8.51. The monoisotopic (exact) mass is 276 g/mol. The highest BCUT2D eigenvalue weighted by atomic mass is 35.5. The molecule has 0 spiro atoms. The van der Waals surface area contributed by atoms with Gasteiger partial charge in [0.05, 0.1) is 12.1 Å². The Labute approximate surface area is 117 Å². The normalized spacial score (nSPS) is 15.3. The summed E-state index contributed by atoms with van der Waals surface area (Å²) >= 11 is 6.18. The Morgan fingerprint density at radius 3 is 2.95 bits per heavy atom. The van der Waals surface area contributed by atoms with Gasteiger partial charge in [-0.05, 0) is 36.6 Å². The Bertz CT molecular complexity index is 583. The maximum atomic E-state index is 9.18. The predicted octanol–water partition coefficient (Wildman–Crippen LogP) is 2.84. The van der Waals surface area contributed by atoms with E-state index in [2.05, 4.69) is 9.88 Å². The van der Waals surface area contributed by atoms with Crippen LogP contribution in [-0.2, 0) is 6.54 Å². The van der Waals surface area contributed by atoms with Crippen molar-refractivity contribution in [2.75, 3.05) is 13.2 Å². The van der Waals surface area contributed by atoms with Crippen LogP contribution >= 0.6 is 11.6 Å².